The van der Waals surface area contributed by atoms with E-state index in [1.807, 2.05) is 60.9 Å². The molecule has 0 saturated heterocycles. The second-order valence-electron chi connectivity index (χ2n) is 9.18. The summed E-state index contributed by atoms with van der Waals surface area (Å²) in [7, 11) is 0. The molecule has 4 heterocycles. The van der Waals surface area contributed by atoms with Crippen LogP contribution in [0.5, 0.6) is 0 Å². The van der Waals surface area contributed by atoms with Crippen LogP contribution >= 0.6 is 0 Å². The molecule has 0 bridgehead atoms. The van der Waals surface area contributed by atoms with Gasteiger partial charge in [0.2, 0.25) is 0 Å². The molecular formula is C34H22N4. The van der Waals surface area contributed by atoms with E-state index in [0.29, 0.717) is 0 Å². The van der Waals surface area contributed by atoms with Gasteiger partial charge in [-0.2, -0.15) is 0 Å². The van der Waals surface area contributed by atoms with Crippen molar-refractivity contribution in [2.24, 2.45) is 0 Å². The second kappa shape index (κ2) is 9.34. The van der Waals surface area contributed by atoms with Gasteiger partial charge in [-0.25, -0.2) is 9.97 Å². The number of fused-ring (bicyclic) bond motifs is 3. The lowest BCUT2D eigenvalue weighted by Crippen LogP contribution is -1.96. The van der Waals surface area contributed by atoms with Crippen LogP contribution < -0.4 is 0 Å². The summed E-state index contributed by atoms with van der Waals surface area (Å²) >= 11 is 0. The fourth-order valence-corrected chi connectivity index (χ4v) is 5.01. The highest BCUT2D eigenvalue weighted by Crippen LogP contribution is 2.39. The lowest BCUT2D eigenvalue weighted by atomic mass is 9.94. The first-order valence-electron chi connectivity index (χ1n) is 12.6. The Balaban J connectivity index is 1.62. The first-order chi connectivity index (χ1) is 18.8. The van der Waals surface area contributed by atoms with Gasteiger partial charge in [-0.05, 0) is 35.4 Å². The fourth-order valence-electron chi connectivity index (χ4n) is 5.01. The predicted octanol–water partition coefficient (Wildman–Crippen LogP) is 8.24. The van der Waals surface area contributed by atoms with E-state index in [4.69, 9.17) is 9.97 Å². The highest BCUT2D eigenvalue weighted by molar-refractivity contribution is 6.13. The van der Waals surface area contributed by atoms with Crippen LogP contribution in [-0.4, -0.2) is 19.9 Å². The Morgan fingerprint density at radius 1 is 0.395 bits per heavy atom. The van der Waals surface area contributed by atoms with Gasteiger partial charge in [0.25, 0.3) is 0 Å². The molecule has 4 aromatic heterocycles. The van der Waals surface area contributed by atoms with E-state index in [-0.39, 0.29) is 0 Å². The third-order valence-corrected chi connectivity index (χ3v) is 6.84. The Kier molecular flexibility index (Phi) is 5.41. The molecule has 7 aromatic rings. The third kappa shape index (κ3) is 3.89. The Labute approximate surface area is 220 Å². The molecule has 0 aliphatic rings. The molecule has 0 aliphatic heterocycles. The maximum absolute atomic E-state index is 5.23. The smallest absolute Gasteiger partial charge is 0.0978 e. The van der Waals surface area contributed by atoms with Gasteiger partial charge in [0, 0.05) is 57.8 Å². The first-order valence-corrected chi connectivity index (χ1v) is 12.6. The van der Waals surface area contributed by atoms with Crippen molar-refractivity contribution in [3.05, 3.63) is 134 Å². The van der Waals surface area contributed by atoms with Gasteiger partial charge in [0.15, 0.2) is 0 Å². The van der Waals surface area contributed by atoms with Gasteiger partial charge in [-0.1, -0.05) is 84.9 Å². The lowest BCUT2D eigenvalue weighted by Gasteiger charge is -2.15. The second-order valence-corrected chi connectivity index (χ2v) is 9.18. The van der Waals surface area contributed by atoms with Crippen LogP contribution in [0.1, 0.15) is 0 Å². The van der Waals surface area contributed by atoms with E-state index in [1.54, 1.807) is 12.4 Å². The van der Waals surface area contributed by atoms with Gasteiger partial charge >= 0.3 is 0 Å². The summed E-state index contributed by atoms with van der Waals surface area (Å²) in [5.41, 5.74) is 9.91. The number of pyridine rings is 4. The molecule has 4 nitrogen and oxygen atoms in total. The molecule has 0 fully saturated rings. The molecule has 0 spiro atoms. The molecule has 0 aliphatic carbocycles. The zero-order chi connectivity index (χ0) is 25.3. The zero-order valence-electron chi connectivity index (χ0n) is 20.5. The molecular weight excluding hydrogens is 464 g/mol. The van der Waals surface area contributed by atoms with E-state index in [2.05, 4.69) is 70.6 Å². The van der Waals surface area contributed by atoms with Crippen molar-refractivity contribution in [1.82, 2.24) is 19.9 Å². The minimum absolute atomic E-state index is 0.866. The van der Waals surface area contributed by atoms with Crippen LogP contribution in [0.25, 0.3) is 66.6 Å². The number of aromatic nitrogens is 4. The standard InChI is InChI=1S/C34H22N4/c1-3-9-23(10-4-1)31-19-29(25-13-7-17-35-21-25)27-15-16-28-30(26-14-8-18-36-22-26)20-32(24-11-5-2-6-12-24)38-34(28)33(27)37-31/h1-22H. The SMILES string of the molecule is c1ccc(-c2cc(-c3cccnc3)c3ccc4c(-c5cccnc5)cc(-c5ccccc5)nc4c3n2)cc1. The third-order valence-electron chi connectivity index (χ3n) is 6.84. The maximum atomic E-state index is 5.23. The summed E-state index contributed by atoms with van der Waals surface area (Å²) in [5, 5.41) is 2.08. The van der Waals surface area contributed by atoms with Gasteiger partial charge < -0.3 is 0 Å². The Morgan fingerprint density at radius 3 is 1.21 bits per heavy atom. The van der Waals surface area contributed by atoms with Gasteiger partial charge in [-0.3, -0.25) is 9.97 Å². The maximum Gasteiger partial charge on any atom is 0.0978 e. The van der Waals surface area contributed by atoms with Crippen molar-refractivity contribution >= 4 is 21.8 Å². The molecule has 0 amide bonds. The van der Waals surface area contributed by atoms with E-state index < -0.39 is 0 Å². The quantitative estimate of drug-likeness (QED) is 0.235. The average Bonchev–Trinajstić information content (AvgIpc) is 3.01. The fraction of sp³-hybridized carbons (Fsp3) is 0. The average molecular weight is 487 g/mol. The monoisotopic (exact) mass is 486 g/mol. The molecule has 178 valence electrons. The molecule has 0 N–H and O–H groups in total. The van der Waals surface area contributed by atoms with Crippen LogP contribution in [-0.2, 0) is 0 Å². The Morgan fingerprint density at radius 2 is 0.816 bits per heavy atom. The first kappa shape index (κ1) is 22.0. The van der Waals surface area contributed by atoms with E-state index in [0.717, 1.165) is 66.6 Å². The number of benzene rings is 3. The van der Waals surface area contributed by atoms with Gasteiger partial charge in [0.05, 0.1) is 22.4 Å². The number of nitrogens with zero attached hydrogens (tertiary/aromatic N) is 4. The highest BCUT2D eigenvalue weighted by atomic mass is 14.8. The largest absolute Gasteiger partial charge is 0.264 e. The number of hydrogen-bond acceptors (Lipinski definition) is 4. The number of rotatable bonds is 4. The predicted molar refractivity (Wildman–Crippen MR) is 154 cm³/mol. The normalized spacial score (nSPS) is 11.2. The van der Waals surface area contributed by atoms with Crippen LogP contribution in [0.4, 0.5) is 0 Å². The molecule has 0 saturated carbocycles. The van der Waals surface area contributed by atoms with Crippen LogP contribution in [0.15, 0.2) is 134 Å². The molecule has 3 aromatic carbocycles. The van der Waals surface area contributed by atoms with E-state index in [9.17, 15) is 0 Å². The summed E-state index contributed by atoms with van der Waals surface area (Å²) in [4.78, 5) is 19.3. The topological polar surface area (TPSA) is 51.6 Å². The highest BCUT2D eigenvalue weighted by Gasteiger charge is 2.17. The molecule has 4 heteroatoms. The minimum Gasteiger partial charge on any atom is -0.264 e. The molecule has 7 rings (SSSR count). The van der Waals surface area contributed by atoms with E-state index in [1.165, 1.54) is 0 Å². The summed E-state index contributed by atoms with van der Waals surface area (Å²) in [6, 6.07) is 37.3. The van der Waals surface area contributed by atoms with Gasteiger partial charge in [-0.15, -0.1) is 0 Å². The molecule has 0 atom stereocenters. The van der Waals surface area contributed by atoms with Crippen molar-refractivity contribution in [1.29, 1.82) is 0 Å². The van der Waals surface area contributed by atoms with Crippen molar-refractivity contribution in [2.75, 3.05) is 0 Å². The summed E-state index contributed by atoms with van der Waals surface area (Å²) in [5.74, 6) is 0. The molecule has 0 unspecified atom stereocenters. The van der Waals surface area contributed by atoms with E-state index >= 15 is 0 Å². The zero-order valence-corrected chi connectivity index (χ0v) is 20.5. The lowest BCUT2D eigenvalue weighted by molar-refractivity contribution is 1.32. The van der Waals surface area contributed by atoms with Crippen molar-refractivity contribution < 1.29 is 0 Å². The van der Waals surface area contributed by atoms with Crippen molar-refractivity contribution in [3.63, 3.8) is 0 Å². The summed E-state index contributed by atoms with van der Waals surface area (Å²) < 4.78 is 0. The van der Waals surface area contributed by atoms with Crippen LogP contribution in [0, 0.1) is 0 Å². The van der Waals surface area contributed by atoms with Crippen LogP contribution in [0.3, 0.4) is 0 Å². The minimum atomic E-state index is 0.866. The van der Waals surface area contributed by atoms with Crippen molar-refractivity contribution in [2.45, 2.75) is 0 Å². The summed E-state index contributed by atoms with van der Waals surface area (Å²) in [6.45, 7) is 0. The van der Waals surface area contributed by atoms with Crippen molar-refractivity contribution in [3.8, 4) is 44.8 Å². The Hall–Kier alpha value is -5.22. The van der Waals surface area contributed by atoms with Gasteiger partial charge in [0.1, 0.15) is 0 Å². The number of hydrogen-bond donors (Lipinski definition) is 0. The van der Waals surface area contributed by atoms with Crippen LogP contribution in [0.2, 0.25) is 0 Å². The molecule has 0 radical (unpaired) electrons. The Bertz CT molecular complexity index is 1740. The summed E-state index contributed by atoms with van der Waals surface area (Å²) in [6.07, 6.45) is 7.41. The molecule has 38 heavy (non-hydrogen) atoms.